The van der Waals surface area contributed by atoms with Crippen molar-refractivity contribution in [1.82, 2.24) is 9.47 Å². The van der Waals surface area contributed by atoms with Gasteiger partial charge in [-0.25, -0.2) is 0 Å². The van der Waals surface area contributed by atoms with Gasteiger partial charge in [0.2, 0.25) is 0 Å². The predicted molar refractivity (Wildman–Crippen MR) is 129 cm³/mol. The van der Waals surface area contributed by atoms with Crippen LogP contribution >= 0.6 is 0 Å². The summed E-state index contributed by atoms with van der Waals surface area (Å²) in [5.74, 6) is 0.590. The highest BCUT2D eigenvalue weighted by Gasteiger charge is 2.19. The first kappa shape index (κ1) is 23.1. The molecule has 1 heterocycles. The molecule has 0 atom stereocenters. The monoisotopic (exact) mass is 430 g/mol. The average molecular weight is 431 g/mol. The maximum atomic E-state index is 13.3. The first-order chi connectivity index (χ1) is 15.6. The van der Waals surface area contributed by atoms with E-state index < -0.39 is 0 Å². The van der Waals surface area contributed by atoms with Gasteiger partial charge in [0, 0.05) is 25.4 Å². The topological polar surface area (TPSA) is 51.5 Å². The Labute approximate surface area is 189 Å². The molecule has 32 heavy (non-hydrogen) atoms. The summed E-state index contributed by atoms with van der Waals surface area (Å²) in [5.41, 5.74) is 2.02. The number of pyridine rings is 1. The van der Waals surface area contributed by atoms with Crippen LogP contribution < -0.4 is 10.3 Å². The van der Waals surface area contributed by atoms with Crippen molar-refractivity contribution in [2.45, 2.75) is 33.3 Å². The van der Waals surface area contributed by atoms with Crippen LogP contribution in [0.4, 0.5) is 0 Å². The molecular formula is C27H30N2O3. The Morgan fingerprint density at radius 1 is 0.969 bits per heavy atom. The van der Waals surface area contributed by atoms with Gasteiger partial charge < -0.3 is 9.64 Å². The molecule has 5 heteroatoms. The highest BCUT2D eigenvalue weighted by molar-refractivity contribution is 6.18. The van der Waals surface area contributed by atoms with Crippen molar-refractivity contribution in [3.63, 3.8) is 0 Å². The number of unbranched alkanes of at least 4 members (excludes halogenated alkanes) is 1. The molecule has 0 aliphatic heterocycles. The highest BCUT2D eigenvalue weighted by atomic mass is 16.5. The zero-order chi connectivity index (χ0) is 22.8. The van der Waals surface area contributed by atoms with Crippen molar-refractivity contribution in [3.8, 4) is 5.75 Å². The Balaban J connectivity index is 1.85. The average Bonchev–Trinajstić information content (AvgIpc) is 2.83. The SMILES string of the molecule is CCCCN(CC)C(=O)/C(=C/c1ccc(OCc2ccccc2)cc1)n1ccccc1=O. The van der Waals surface area contributed by atoms with Crippen LogP contribution in [0.3, 0.4) is 0 Å². The van der Waals surface area contributed by atoms with E-state index in [-0.39, 0.29) is 11.5 Å². The van der Waals surface area contributed by atoms with Gasteiger partial charge in [-0.1, -0.05) is 61.9 Å². The molecule has 0 bridgehead atoms. The predicted octanol–water partition coefficient (Wildman–Crippen LogP) is 5.07. The van der Waals surface area contributed by atoms with Crippen LogP contribution in [0.15, 0.2) is 83.8 Å². The largest absolute Gasteiger partial charge is 0.489 e. The van der Waals surface area contributed by atoms with Crippen LogP contribution in [0.1, 0.15) is 37.8 Å². The second kappa shape index (κ2) is 11.7. The number of benzene rings is 2. The Hall–Kier alpha value is -3.60. The van der Waals surface area contributed by atoms with Crippen LogP contribution in [0.2, 0.25) is 0 Å². The summed E-state index contributed by atoms with van der Waals surface area (Å²) in [7, 11) is 0. The number of nitrogens with zero attached hydrogens (tertiary/aromatic N) is 2. The summed E-state index contributed by atoms with van der Waals surface area (Å²) < 4.78 is 7.27. The van der Waals surface area contributed by atoms with E-state index in [4.69, 9.17) is 4.74 Å². The lowest BCUT2D eigenvalue weighted by molar-refractivity contribution is -0.125. The van der Waals surface area contributed by atoms with Crippen LogP contribution in [-0.4, -0.2) is 28.5 Å². The molecule has 1 aromatic heterocycles. The van der Waals surface area contributed by atoms with E-state index in [0.29, 0.717) is 25.4 Å². The number of aromatic nitrogens is 1. The summed E-state index contributed by atoms with van der Waals surface area (Å²) in [5, 5.41) is 0. The summed E-state index contributed by atoms with van der Waals surface area (Å²) in [4.78, 5) is 27.6. The van der Waals surface area contributed by atoms with Gasteiger partial charge in [0.25, 0.3) is 11.5 Å². The summed E-state index contributed by atoms with van der Waals surface area (Å²) >= 11 is 0. The molecule has 3 aromatic rings. The lowest BCUT2D eigenvalue weighted by Crippen LogP contribution is -2.35. The van der Waals surface area contributed by atoms with Gasteiger partial charge in [-0.15, -0.1) is 0 Å². The summed E-state index contributed by atoms with van der Waals surface area (Å²) in [6.07, 6.45) is 5.32. The van der Waals surface area contributed by atoms with Gasteiger partial charge in [0.15, 0.2) is 0 Å². The second-order valence-corrected chi connectivity index (χ2v) is 7.52. The number of ether oxygens (including phenoxy) is 1. The molecule has 5 nitrogen and oxygen atoms in total. The van der Waals surface area contributed by atoms with Crippen molar-refractivity contribution in [2.75, 3.05) is 13.1 Å². The molecule has 2 aromatic carbocycles. The maximum absolute atomic E-state index is 13.3. The fraction of sp³-hybridized carbons (Fsp3) is 0.259. The van der Waals surface area contributed by atoms with Crippen LogP contribution in [0.5, 0.6) is 5.75 Å². The summed E-state index contributed by atoms with van der Waals surface area (Å²) in [6, 6.07) is 22.4. The molecule has 0 radical (unpaired) electrons. The zero-order valence-electron chi connectivity index (χ0n) is 18.7. The number of hydrogen-bond donors (Lipinski definition) is 0. The van der Waals surface area contributed by atoms with Gasteiger partial charge in [-0.3, -0.25) is 14.2 Å². The van der Waals surface area contributed by atoms with E-state index in [0.717, 1.165) is 29.7 Å². The fourth-order valence-corrected chi connectivity index (χ4v) is 3.33. The molecule has 3 rings (SSSR count). The molecule has 0 saturated carbocycles. The minimum Gasteiger partial charge on any atom is -0.489 e. The number of rotatable bonds is 10. The minimum atomic E-state index is -0.235. The van der Waals surface area contributed by atoms with Crippen molar-refractivity contribution < 1.29 is 9.53 Å². The van der Waals surface area contributed by atoms with Gasteiger partial charge in [-0.2, -0.15) is 0 Å². The van der Waals surface area contributed by atoms with E-state index in [1.165, 1.54) is 10.6 Å². The fourth-order valence-electron chi connectivity index (χ4n) is 3.33. The standard InChI is InChI=1S/C27H30N2O3/c1-3-5-18-28(4-2)27(31)25(29-19-10-9-13-26(29)30)20-22-14-16-24(17-15-22)32-21-23-11-7-6-8-12-23/h6-17,19-20H,3-5,18,21H2,1-2H3/b25-20-. The van der Waals surface area contributed by atoms with E-state index >= 15 is 0 Å². The van der Waals surface area contributed by atoms with Crippen LogP contribution in [0.25, 0.3) is 11.8 Å². The van der Waals surface area contributed by atoms with Crippen molar-refractivity contribution in [3.05, 3.63) is 100 Å². The molecule has 0 aliphatic rings. The van der Waals surface area contributed by atoms with Gasteiger partial charge in [0.05, 0.1) is 0 Å². The number of carbonyl (C=O) groups excluding carboxylic acids is 1. The Bertz CT molecular complexity index is 1090. The van der Waals surface area contributed by atoms with Gasteiger partial charge in [-0.05, 0) is 48.7 Å². The number of likely N-dealkylation sites (N-methyl/N-ethyl adjacent to an activating group) is 1. The lowest BCUT2D eigenvalue weighted by atomic mass is 10.1. The molecule has 0 saturated heterocycles. The molecular weight excluding hydrogens is 400 g/mol. The van der Waals surface area contributed by atoms with Crippen LogP contribution in [0, 0.1) is 0 Å². The summed E-state index contributed by atoms with van der Waals surface area (Å²) in [6.45, 7) is 5.79. The van der Waals surface area contributed by atoms with Crippen molar-refractivity contribution >= 4 is 17.7 Å². The second-order valence-electron chi connectivity index (χ2n) is 7.52. The molecule has 1 amide bonds. The van der Waals surface area contributed by atoms with E-state index in [1.807, 2.05) is 61.5 Å². The molecule has 0 spiro atoms. The Morgan fingerprint density at radius 2 is 1.69 bits per heavy atom. The van der Waals surface area contributed by atoms with Crippen molar-refractivity contribution in [1.29, 1.82) is 0 Å². The molecule has 0 aliphatic carbocycles. The Morgan fingerprint density at radius 3 is 2.34 bits per heavy atom. The lowest BCUT2D eigenvalue weighted by Gasteiger charge is -2.23. The quantitative estimate of drug-likeness (QED) is 0.422. The van der Waals surface area contributed by atoms with Crippen LogP contribution in [-0.2, 0) is 11.4 Å². The third kappa shape index (κ3) is 6.20. The number of amides is 1. The highest BCUT2D eigenvalue weighted by Crippen LogP contribution is 2.18. The normalized spacial score (nSPS) is 11.2. The molecule has 0 unspecified atom stereocenters. The van der Waals surface area contributed by atoms with E-state index in [2.05, 4.69) is 6.92 Å². The smallest absolute Gasteiger partial charge is 0.270 e. The first-order valence-corrected chi connectivity index (χ1v) is 11.1. The molecule has 0 N–H and O–H groups in total. The zero-order valence-corrected chi connectivity index (χ0v) is 18.7. The van der Waals surface area contributed by atoms with Gasteiger partial charge >= 0.3 is 0 Å². The third-order valence-corrected chi connectivity index (χ3v) is 5.18. The molecule has 166 valence electrons. The number of hydrogen-bond acceptors (Lipinski definition) is 3. The van der Waals surface area contributed by atoms with E-state index in [9.17, 15) is 9.59 Å². The minimum absolute atomic E-state index is 0.154. The van der Waals surface area contributed by atoms with Gasteiger partial charge in [0.1, 0.15) is 18.1 Å². The van der Waals surface area contributed by atoms with E-state index in [1.54, 1.807) is 29.3 Å². The van der Waals surface area contributed by atoms with Crippen molar-refractivity contribution in [2.24, 2.45) is 0 Å². The number of carbonyl (C=O) groups is 1. The first-order valence-electron chi connectivity index (χ1n) is 11.1. The maximum Gasteiger partial charge on any atom is 0.270 e. The Kier molecular flexibility index (Phi) is 8.44. The molecule has 0 fully saturated rings. The third-order valence-electron chi connectivity index (χ3n) is 5.18.